The summed E-state index contributed by atoms with van der Waals surface area (Å²) >= 11 is 0. The molecule has 0 amide bonds. The summed E-state index contributed by atoms with van der Waals surface area (Å²) in [6, 6.07) is 12.5. The molecule has 0 bridgehead atoms. The quantitative estimate of drug-likeness (QED) is 0.842. The van der Waals surface area contributed by atoms with E-state index in [1.54, 1.807) is 12.1 Å². The fourth-order valence-electron chi connectivity index (χ4n) is 2.06. The molecule has 23 heavy (non-hydrogen) atoms. The second-order valence-corrected chi connectivity index (χ2v) is 7.57. The summed E-state index contributed by atoms with van der Waals surface area (Å²) in [5.74, 6) is -0.525. The SMILES string of the molecule is Cc1ccc(CS(=O)(=O)C[C@H](O)COc2ccc(F)cc2)cc1. The van der Waals surface area contributed by atoms with Crippen molar-refractivity contribution in [1.29, 1.82) is 0 Å². The molecule has 2 aromatic rings. The number of benzene rings is 2. The number of hydrogen-bond acceptors (Lipinski definition) is 4. The van der Waals surface area contributed by atoms with Gasteiger partial charge in [0.1, 0.15) is 24.3 Å². The van der Waals surface area contributed by atoms with Crippen molar-refractivity contribution in [3.63, 3.8) is 0 Å². The van der Waals surface area contributed by atoms with E-state index >= 15 is 0 Å². The van der Waals surface area contributed by atoms with Crippen molar-refractivity contribution in [2.24, 2.45) is 0 Å². The summed E-state index contributed by atoms with van der Waals surface area (Å²) in [5.41, 5.74) is 1.74. The lowest BCUT2D eigenvalue weighted by Gasteiger charge is -2.13. The number of aliphatic hydroxyl groups is 1. The van der Waals surface area contributed by atoms with Crippen LogP contribution >= 0.6 is 0 Å². The molecule has 0 saturated carbocycles. The second-order valence-electron chi connectivity index (χ2n) is 5.46. The molecular formula is C17H19FO4S. The first-order valence-electron chi connectivity index (χ1n) is 7.16. The molecule has 0 unspecified atom stereocenters. The predicted octanol–water partition coefficient (Wildman–Crippen LogP) is 2.49. The molecule has 0 aliphatic heterocycles. The van der Waals surface area contributed by atoms with Crippen LogP contribution in [0.15, 0.2) is 48.5 Å². The smallest absolute Gasteiger partial charge is 0.157 e. The Labute approximate surface area is 135 Å². The molecule has 1 atom stereocenters. The molecule has 0 aromatic heterocycles. The molecule has 0 saturated heterocycles. The van der Waals surface area contributed by atoms with Crippen molar-refractivity contribution >= 4 is 9.84 Å². The minimum absolute atomic E-state index is 0.124. The molecule has 4 nitrogen and oxygen atoms in total. The maximum Gasteiger partial charge on any atom is 0.157 e. The van der Waals surface area contributed by atoms with Gasteiger partial charge in [0, 0.05) is 0 Å². The van der Waals surface area contributed by atoms with Crippen molar-refractivity contribution in [3.8, 4) is 5.75 Å². The number of halogens is 1. The van der Waals surface area contributed by atoms with Crippen molar-refractivity contribution in [3.05, 3.63) is 65.5 Å². The Morgan fingerprint density at radius 3 is 2.30 bits per heavy atom. The van der Waals surface area contributed by atoms with Gasteiger partial charge in [0.2, 0.25) is 0 Å². The highest BCUT2D eigenvalue weighted by Crippen LogP contribution is 2.13. The Kier molecular flexibility index (Phi) is 5.74. The average Bonchev–Trinajstić information content (AvgIpc) is 2.48. The summed E-state index contributed by atoms with van der Waals surface area (Å²) < 4.78 is 42.2. The molecule has 0 fully saturated rings. The largest absolute Gasteiger partial charge is 0.491 e. The van der Waals surface area contributed by atoms with Crippen LogP contribution < -0.4 is 4.74 Å². The van der Waals surface area contributed by atoms with Crippen LogP contribution in [0.1, 0.15) is 11.1 Å². The fraction of sp³-hybridized carbons (Fsp3) is 0.294. The molecule has 0 heterocycles. The normalized spacial score (nSPS) is 12.8. The number of aryl methyl sites for hydroxylation is 1. The van der Waals surface area contributed by atoms with Crippen molar-refractivity contribution in [2.75, 3.05) is 12.4 Å². The lowest BCUT2D eigenvalue weighted by atomic mass is 10.2. The van der Waals surface area contributed by atoms with E-state index in [0.29, 0.717) is 11.3 Å². The maximum atomic E-state index is 12.8. The van der Waals surface area contributed by atoms with Gasteiger partial charge in [-0.25, -0.2) is 12.8 Å². The van der Waals surface area contributed by atoms with Gasteiger partial charge >= 0.3 is 0 Å². The van der Waals surface area contributed by atoms with Crippen molar-refractivity contribution < 1.29 is 22.7 Å². The van der Waals surface area contributed by atoms with Crippen molar-refractivity contribution in [1.82, 2.24) is 0 Å². The molecule has 0 radical (unpaired) electrons. The third-order valence-electron chi connectivity index (χ3n) is 3.21. The zero-order valence-corrected chi connectivity index (χ0v) is 13.6. The summed E-state index contributed by atoms with van der Waals surface area (Å²) in [6.45, 7) is 1.76. The topological polar surface area (TPSA) is 63.6 Å². The van der Waals surface area contributed by atoms with Gasteiger partial charge in [-0.3, -0.25) is 0 Å². The monoisotopic (exact) mass is 338 g/mol. The highest BCUT2D eigenvalue weighted by Gasteiger charge is 2.18. The molecule has 2 rings (SSSR count). The Morgan fingerprint density at radius 2 is 1.70 bits per heavy atom. The standard InChI is InChI=1S/C17H19FO4S/c1-13-2-4-14(5-3-13)11-23(20,21)12-16(19)10-22-17-8-6-15(18)7-9-17/h2-9,16,19H,10-12H2,1H3/t16-/m1/s1. The summed E-state index contributed by atoms with van der Waals surface area (Å²) in [5, 5.41) is 9.84. The lowest BCUT2D eigenvalue weighted by molar-refractivity contribution is 0.125. The third-order valence-corrected chi connectivity index (χ3v) is 4.88. The maximum absolute atomic E-state index is 12.8. The van der Waals surface area contributed by atoms with E-state index in [2.05, 4.69) is 0 Å². The van der Waals surface area contributed by atoms with Crippen LogP contribution in [-0.4, -0.2) is 32.0 Å². The van der Waals surface area contributed by atoms with Gasteiger partial charge in [-0.1, -0.05) is 29.8 Å². The van der Waals surface area contributed by atoms with Crippen LogP contribution in [-0.2, 0) is 15.6 Å². The van der Waals surface area contributed by atoms with Gasteiger partial charge in [-0.05, 0) is 36.8 Å². The first-order chi connectivity index (χ1) is 10.8. The number of sulfone groups is 1. The van der Waals surface area contributed by atoms with E-state index in [0.717, 1.165) is 5.56 Å². The van der Waals surface area contributed by atoms with Gasteiger partial charge in [0.25, 0.3) is 0 Å². The Balaban J connectivity index is 1.86. The number of rotatable bonds is 7. The summed E-state index contributed by atoms with van der Waals surface area (Å²) in [7, 11) is -3.45. The highest BCUT2D eigenvalue weighted by atomic mass is 32.2. The van der Waals surface area contributed by atoms with E-state index in [1.165, 1.54) is 24.3 Å². The van der Waals surface area contributed by atoms with E-state index in [9.17, 15) is 17.9 Å². The summed E-state index contributed by atoms with van der Waals surface area (Å²) in [4.78, 5) is 0. The van der Waals surface area contributed by atoms with E-state index in [1.807, 2.05) is 19.1 Å². The van der Waals surface area contributed by atoms with Gasteiger partial charge in [-0.15, -0.1) is 0 Å². The Hall–Kier alpha value is -1.92. The molecule has 6 heteroatoms. The van der Waals surface area contributed by atoms with Crippen LogP contribution in [0.4, 0.5) is 4.39 Å². The molecule has 0 spiro atoms. The van der Waals surface area contributed by atoms with Crippen LogP contribution in [0, 0.1) is 12.7 Å². The molecule has 1 N–H and O–H groups in total. The van der Waals surface area contributed by atoms with Gasteiger partial charge in [0.15, 0.2) is 9.84 Å². The predicted molar refractivity (Wildman–Crippen MR) is 86.6 cm³/mol. The minimum atomic E-state index is -3.45. The Morgan fingerprint density at radius 1 is 1.09 bits per heavy atom. The minimum Gasteiger partial charge on any atom is -0.491 e. The molecule has 2 aromatic carbocycles. The molecule has 0 aliphatic rings. The first kappa shape index (κ1) is 17.4. The van der Waals surface area contributed by atoms with Crippen molar-refractivity contribution in [2.45, 2.75) is 18.8 Å². The van der Waals surface area contributed by atoms with Crippen LogP contribution in [0.3, 0.4) is 0 Å². The number of hydrogen-bond donors (Lipinski definition) is 1. The van der Waals surface area contributed by atoms with E-state index < -0.39 is 21.8 Å². The van der Waals surface area contributed by atoms with Crippen LogP contribution in [0.5, 0.6) is 5.75 Å². The number of ether oxygens (including phenoxy) is 1. The highest BCUT2D eigenvalue weighted by molar-refractivity contribution is 7.90. The third kappa shape index (κ3) is 6.00. The van der Waals surface area contributed by atoms with Crippen LogP contribution in [0.25, 0.3) is 0 Å². The van der Waals surface area contributed by atoms with Crippen LogP contribution in [0.2, 0.25) is 0 Å². The zero-order valence-electron chi connectivity index (χ0n) is 12.8. The first-order valence-corrected chi connectivity index (χ1v) is 8.98. The lowest BCUT2D eigenvalue weighted by Crippen LogP contribution is -2.27. The average molecular weight is 338 g/mol. The Bertz CT molecular complexity index is 724. The molecule has 124 valence electrons. The van der Waals surface area contributed by atoms with E-state index in [4.69, 9.17) is 4.74 Å². The fourth-order valence-corrected chi connectivity index (χ4v) is 3.56. The zero-order chi connectivity index (χ0) is 16.9. The molecular weight excluding hydrogens is 319 g/mol. The van der Waals surface area contributed by atoms with Gasteiger partial charge < -0.3 is 9.84 Å². The molecule has 0 aliphatic carbocycles. The second kappa shape index (κ2) is 7.57. The van der Waals surface area contributed by atoms with Gasteiger partial charge in [-0.2, -0.15) is 0 Å². The van der Waals surface area contributed by atoms with Gasteiger partial charge in [0.05, 0.1) is 11.5 Å². The summed E-state index contributed by atoms with van der Waals surface area (Å²) in [6.07, 6.45) is -1.14. The number of aliphatic hydroxyl groups excluding tert-OH is 1. The van der Waals surface area contributed by atoms with E-state index in [-0.39, 0.29) is 18.1 Å².